The minimum Gasteiger partial charge on any atom is -0.367 e. The zero-order valence-electron chi connectivity index (χ0n) is 14.4. The van der Waals surface area contributed by atoms with Crippen LogP contribution in [0, 0.1) is 6.92 Å². The lowest BCUT2D eigenvalue weighted by molar-refractivity contribution is 0.757. The van der Waals surface area contributed by atoms with Crippen LogP contribution >= 0.6 is 0 Å². The molecule has 26 heavy (non-hydrogen) atoms. The van der Waals surface area contributed by atoms with Crippen molar-refractivity contribution in [3.05, 3.63) is 71.9 Å². The molecule has 1 atom stereocenters. The van der Waals surface area contributed by atoms with Crippen LogP contribution in [-0.4, -0.2) is 31.3 Å². The molecule has 4 aromatic rings. The van der Waals surface area contributed by atoms with E-state index in [0.29, 0.717) is 23.8 Å². The zero-order valence-corrected chi connectivity index (χ0v) is 14.4. The van der Waals surface area contributed by atoms with Crippen LogP contribution < -0.4 is 11.1 Å². The van der Waals surface area contributed by atoms with Crippen LogP contribution in [0.5, 0.6) is 0 Å². The molecular weight excluding hydrogens is 326 g/mol. The van der Waals surface area contributed by atoms with Crippen LogP contribution in [0.4, 0.5) is 5.82 Å². The fraction of sp³-hybridized carbons (Fsp3) is 0.158. The van der Waals surface area contributed by atoms with Crippen molar-refractivity contribution in [1.82, 2.24) is 24.8 Å². The van der Waals surface area contributed by atoms with Gasteiger partial charge in [0.2, 0.25) is 5.82 Å². The minimum absolute atomic E-state index is 0.121. The number of benzene rings is 1. The first-order chi connectivity index (χ1) is 12.7. The largest absolute Gasteiger partial charge is 0.367 e. The SMILES string of the molecule is Cc1ccc(C(N)CNc2ccc3nnc(-c4ccccn4)n3n2)cc1. The topological polar surface area (TPSA) is 94.0 Å². The number of anilines is 1. The van der Waals surface area contributed by atoms with Gasteiger partial charge in [0.05, 0.1) is 0 Å². The van der Waals surface area contributed by atoms with Gasteiger partial charge in [0, 0.05) is 18.8 Å². The molecule has 7 nitrogen and oxygen atoms in total. The van der Waals surface area contributed by atoms with Gasteiger partial charge in [0.25, 0.3) is 0 Å². The second kappa shape index (κ2) is 6.89. The van der Waals surface area contributed by atoms with E-state index in [4.69, 9.17) is 5.73 Å². The molecule has 0 bridgehead atoms. The van der Waals surface area contributed by atoms with Gasteiger partial charge in [-0.3, -0.25) is 4.98 Å². The number of nitrogens with two attached hydrogens (primary N) is 1. The van der Waals surface area contributed by atoms with Gasteiger partial charge in [-0.05, 0) is 36.8 Å². The van der Waals surface area contributed by atoms with Crippen molar-refractivity contribution >= 4 is 11.5 Å². The van der Waals surface area contributed by atoms with E-state index in [1.165, 1.54) is 5.56 Å². The first-order valence-electron chi connectivity index (χ1n) is 8.40. The molecule has 0 radical (unpaired) electrons. The number of aromatic nitrogens is 5. The van der Waals surface area contributed by atoms with Gasteiger partial charge in [-0.15, -0.1) is 15.3 Å². The monoisotopic (exact) mass is 345 g/mol. The Morgan fingerprint density at radius 1 is 1.04 bits per heavy atom. The maximum Gasteiger partial charge on any atom is 0.203 e. The number of rotatable bonds is 5. The first kappa shape index (κ1) is 16.2. The second-order valence-electron chi connectivity index (χ2n) is 6.13. The first-order valence-corrected chi connectivity index (χ1v) is 8.40. The third-order valence-electron chi connectivity index (χ3n) is 4.17. The van der Waals surface area contributed by atoms with E-state index in [2.05, 4.69) is 56.8 Å². The number of fused-ring (bicyclic) bond motifs is 1. The number of nitrogens with zero attached hydrogens (tertiary/aromatic N) is 5. The average Bonchev–Trinajstić information content (AvgIpc) is 3.10. The van der Waals surface area contributed by atoms with Crippen LogP contribution in [0.2, 0.25) is 0 Å². The van der Waals surface area contributed by atoms with Gasteiger partial charge in [0.1, 0.15) is 11.5 Å². The van der Waals surface area contributed by atoms with Crippen molar-refractivity contribution in [2.75, 3.05) is 11.9 Å². The summed E-state index contributed by atoms with van der Waals surface area (Å²) >= 11 is 0. The van der Waals surface area contributed by atoms with Crippen molar-refractivity contribution in [2.24, 2.45) is 5.73 Å². The summed E-state index contributed by atoms with van der Waals surface area (Å²) in [6, 6.07) is 17.5. The molecule has 0 spiro atoms. The Morgan fingerprint density at radius 3 is 2.65 bits per heavy atom. The Morgan fingerprint density at radius 2 is 1.88 bits per heavy atom. The molecule has 0 fully saturated rings. The van der Waals surface area contributed by atoms with E-state index < -0.39 is 0 Å². The lowest BCUT2D eigenvalue weighted by atomic mass is 10.1. The maximum absolute atomic E-state index is 6.27. The predicted octanol–water partition coefficient (Wildman–Crippen LogP) is 2.61. The maximum atomic E-state index is 6.27. The van der Waals surface area contributed by atoms with Crippen LogP contribution in [-0.2, 0) is 0 Å². The van der Waals surface area contributed by atoms with Crippen LogP contribution in [0.3, 0.4) is 0 Å². The number of hydrogen-bond acceptors (Lipinski definition) is 6. The Hall–Kier alpha value is -3.32. The summed E-state index contributed by atoms with van der Waals surface area (Å²) in [5, 5.41) is 16.2. The van der Waals surface area contributed by atoms with E-state index in [1.54, 1.807) is 10.7 Å². The molecule has 3 aromatic heterocycles. The minimum atomic E-state index is -0.121. The van der Waals surface area contributed by atoms with E-state index in [9.17, 15) is 0 Å². The Labute approximate surface area is 150 Å². The van der Waals surface area contributed by atoms with Crippen LogP contribution in [0.1, 0.15) is 17.2 Å². The lowest BCUT2D eigenvalue weighted by Crippen LogP contribution is -2.21. The summed E-state index contributed by atoms with van der Waals surface area (Å²) in [4.78, 5) is 4.32. The Kier molecular flexibility index (Phi) is 4.28. The number of pyridine rings is 1. The van der Waals surface area contributed by atoms with Crippen LogP contribution in [0.25, 0.3) is 17.2 Å². The van der Waals surface area contributed by atoms with Gasteiger partial charge >= 0.3 is 0 Å². The molecule has 0 saturated carbocycles. The van der Waals surface area contributed by atoms with Gasteiger partial charge in [-0.25, -0.2) is 0 Å². The molecule has 0 aliphatic carbocycles. The standard InChI is InChI=1S/C19H19N7/c1-13-5-7-14(8-6-13)15(20)12-22-17-9-10-18-23-24-19(26(18)25-17)16-4-2-3-11-21-16/h2-11,15H,12,20H2,1H3,(H,22,25). The van der Waals surface area contributed by atoms with Crippen molar-refractivity contribution in [2.45, 2.75) is 13.0 Å². The van der Waals surface area contributed by atoms with Crippen molar-refractivity contribution < 1.29 is 0 Å². The zero-order chi connectivity index (χ0) is 17.9. The lowest BCUT2D eigenvalue weighted by Gasteiger charge is -2.14. The fourth-order valence-corrected chi connectivity index (χ4v) is 2.68. The molecule has 1 aromatic carbocycles. The summed E-state index contributed by atoms with van der Waals surface area (Å²) in [5.41, 5.74) is 9.97. The van der Waals surface area contributed by atoms with Crippen LogP contribution in [0.15, 0.2) is 60.8 Å². The molecule has 0 amide bonds. The highest BCUT2D eigenvalue weighted by Gasteiger charge is 2.11. The highest BCUT2D eigenvalue weighted by molar-refractivity contribution is 5.55. The van der Waals surface area contributed by atoms with Crippen molar-refractivity contribution in [1.29, 1.82) is 0 Å². The number of nitrogens with one attached hydrogen (secondary N) is 1. The van der Waals surface area contributed by atoms with E-state index >= 15 is 0 Å². The molecule has 0 aliphatic heterocycles. The summed E-state index contributed by atoms with van der Waals surface area (Å²) in [7, 11) is 0. The molecule has 3 heterocycles. The quantitative estimate of drug-likeness (QED) is 0.577. The fourth-order valence-electron chi connectivity index (χ4n) is 2.68. The van der Waals surface area contributed by atoms with E-state index in [-0.39, 0.29) is 6.04 Å². The van der Waals surface area contributed by atoms with Crippen molar-refractivity contribution in [3.8, 4) is 11.5 Å². The Balaban J connectivity index is 1.55. The number of aryl methyl sites for hydroxylation is 1. The smallest absolute Gasteiger partial charge is 0.203 e. The van der Waals surface area contributed by atoms with Gasteiger partial charge < -0.3 is 11.1 Å². The van der Waals surface area contributed by atoms with Gasteiger partial charge in [0.15, 0.2) is 5.65 Å². The Bertz CT molecular complexity index is 1010. The summed E-state index contributed by atoms with van der Waals surface area (Å²) in [5.74, 6) is 1.31. The molecule has 0 aliphatic rings. The number of hydrogen-bond donors (Lipinski definition) is 2. The highest BCUT2D eigenvalue weighted by atomic mass is 15.4. The molecule has 7 heteroatoms. The molecule has 1 unspecified atom stereocenters. The summed E-state index contributed by atoms with van der Waals surface area (Å²) in [6.07, 6.45) is 1.72. The molecule has 3 N–H and O–H groups in total. The molecule has 4 rings (SSSR count). The van der Waals surface area contributed by atoms with Gasteiger partial charge in [-0.2, -0.15) is 4.52 Å². The third kappa shape index (κ3) is 3.25. The normalized spacial score (nSPS) is 12.2. The highest BCUT2D eigenvalue weighted by Crippen LogP contribution is 2.17. The van der Waals surface area contributed by atoms with E-state index in [1.807, 2.05) is 30.3 Å². The summed E-state index contributed by atoms with van der Waals surface area (Å²) < 4.78 is 1.68. The van der Waals surface area contributed by atoms with Crippen molar-refractivity contribution in [3.63, 3.8) is 0 Å². The molecular formula is C19H19N7. The average molecular weight is 345 g/mol. The second-order valence-corrected chi connectivity index (χ2v) is 6.13. The van der Waals surface area contributed by atoms with E-state index in [0.717, 1.165) is 11.3 Å². The molecule has 0 saturated heterocycles. The summed E-state index contributed by atoms with van der Waals surface area (Å²) in [6.45, 7) is 2.63. The predicted molar refractivity (Wildman–Crippen MR) is 101 cm³/mol. The third-order valence-corrected chi connectivity index (χ3v) is 4.17. The van der Waals surface area contributed by atoms with Gasteiger partial charge in [-0.1, -0.05) is 35.9 Å². The molecule has 130 valence electrons.